The molecule has 0 aromatic carbocycles. The summed E-state index contributed by atoms with van der Waals surface area (Å²) in [5.74, 6) is -1.25. The third-order valence-electron chi connectivity index (χ3n) is 1.67. The second-order valence-electron chi connectivity index (χ2n) is 2.73. The van der Waals surface area contributed by atoms with E-state index in [1.165, 1.54) is 0 Å². The topological polar surface area (TPSA) is 67.2 Å². The lowest BCUT2D eigenvalue weighted by molar-refractivity contribution is -0.136. The van der Waals surface area contributed by atoms with Crippen LogP contribution in [0.5, 0.6) is 0 Å². The number of esters is 1. The van der Waals surface area contributed by atoms with Crippen molar-refractivity contribution in [3.63, 3.8) is 0 Å². The van der Waals surface area contributed by atoms with Gasteiger partial charge in [0.15, 0.2) is 11.5 Å². The summed E-state index contributed by atoms with van der Waals surface area (Å²) in [6.07, 6.45) is 1.61. The molecule has 0 heterocycles. The van der Waals surface area contributed by atoms with Crippen LogP contribution >= 0.6 is 0 Å². The predicted octanol–water partition coefficient (Wildman–Crippen LogP) is 0.548. The van der Waals surface area contributed by atoms with Crippen LogP contribution in [0.1, 0.15) is 19.8 Å². The Morgan fingerprint density at radius 2 is 2.08 bits per heavy atom. The number of ether oxygens (including phenoxy) is 1. The molecule has 0 saturated heterocycles. The van der Waals surface area contributed by atoms with E-state index >= 15 is 0 Å². The smallest absolute Gasteiger partial charge is 0.359 e. The highest BCUT2D eigenvalue weighted by Gasteiger charge is 2.35. The Kier molecular flexibility index (Phi) is 2.58. The van der Waals surface area contributed by atoms with Crippen molar-refractivity contribution in [1.29, 1.82) is 5.41 Å². The number of hydrogen-bond donors (Lipinski definition) is 1. The van der Waals surface area contributed by atoms with E-state index < -0.39 is 11.7 Å². The van der Waals surface area contributed by atoms with Gasteiger partial charge in [0.1, 0.15) is 0 Å². The van der Waals surface area contributed by atoms with Crippen LogP contribution in [0, 0.1) is 11.3 Å². The van der Waals surface area contributed by atoms with E-state index in [1.807, 2.05) is 0 Å². The van der Waals surface area contributed by atoms with Gasteiger partial charge in [-0.3, -0.25) is 10.2 Å². The van der Waals surface area contributed by atoms with Gasteiger partial charge in [-0.2, -0.15) is 0 Å². The number of carbonyl (C=O) groups is 2. The third kappa shape index (κ3) is 1.90. The number of rotatable bonds is 4. The van der Waals surface area contributed by atoms with Crippen molar-refractivity contribution in [2.75, 3.05) is 6.61 Å². The van der Waals surface area contributed by atoms with E-state index in [1.54, 1.807) is 6.92 Å². The van der Waals surface area contributed by atoms with Crippen LogP contribution in [0.3, 0.4) is 0 Å². The van der Waals surface area contributed by atoms with E-state index in [4.69, 9.17) is 5.41 Å². The van der Waals surface area contributed by atoms with Crippen LogP contribution in [-0.4, -0.2) is 24.1 Å². The summed E-state index contributed by atoms with van der Waals surface area (Å²) in [5, 5.41) is 7.15. The molecule has 0 unspecified atom stereocenters. The SMILES string of the molecule is CCOC(=O)C(=N)C(=O)C1CC1. The Morgan fingerprint density at radius 3 is 2.50 bits per heavy atom. The monoisotopic (exact) mass is 169 g/mol. The molecule has 0 aromatic heterocycles. The van der Waals surface area contributed by atoms with E-state index in [-0.39, 0.29) is 18.3 Å². The first-order valence-electron chi connectivity index (χ1n) is 3.96. The van der Waals surface area contributed by atoms with E-state index in [2.05, 4.69) is 4.74 Å². The Balaban J connectivity index is 2.45. The van der Waals surface area contributed by atoms with Gasteiger partial charge in [0.25, 0.3) is 0 Å². The van der Waals surface area contributed by atoms with Gasteiger partial charge in [0, 0.05) is 5.92 Å². The number of ketones is 1. The summed E-state index contributed by atoms with van der Waals surface area (Å²) in [6, 6.07) is 0. The van der Waals surface area contributed by atoms with Crippen molar-refractivity contribution in [3.05, 3.63) is 0 Å². The van der Waals surface area contributed by atoms with Gasteiger partial charge in [0.2, 0.25) is 0 Å². The maximum absolute atomic E-state index is 11.1. The lowest BCUT2D eigenvalue weighted by atomic mass is 10.2. The average Bonchev–Trinajstić information content (AvgIpc) is 2.84. The maximum atomic E-state index is 11.1. The predicted molar refractivity (Wildman–Crippen MR) is 42.1 cm³/mol. The molecule has 1 saturated carbocycles. The summed E-state index contributed by atoms with van der Waals surface area (Å²) in [5.41, 5.74) is -0.501. The van der Waals surface area contributed by atoms with Crippen LogP contribution in [0.25, 0.3) is 0 Å². The highest BCUT2D eigenvalue weighted by molar-refractivity contribution is 6.63. The van der Waals surface area contributed by atoms with Crippen molar-refractivity contribution in [3.8, 4) is 0 Å². The van der Waals surface area contributed by atoms with Gasteiger partial charge in [-0.25, -0.2) is 4.79 Å². The zero-order chi connectivity index (χ0) is 9.14. The molecular weight excluding hydrogens is 158 g/mol. The molecule has 1 aliphatic carbocycles. The molecule has 12 heavy (non-hydrogen) atoms. The van der Waals surface area contributed by atoms with Crippen LogP contribution in [0.15, 0.2) is 0 Å². The molecule has 1 N–H and O–H groups in total. The van der Waals surface area contributed by atoms with Gasteiger partial charge >= 0.3 is 5.97 Å². The zero-order valence-electron chi connectivity index (χ0n) is 6.92. The molecule has 0 atom stereocenters. The van der Waals surface area contributed by atoms with Crippen LogP contribution in [0.2, 0.25) is 0 Å². The van der Waals surface area contributed by atoms with Crippen molar-refractivity contribution in [2.24, 2.45) is 5.92 Å². The lowest BCUT2D eigenvalue weighted by Crippen LogP contribution is -2.26. The second-order valence-corrected chi connectivity index (χ2v) is 2.73. The van der Waals surface area contributed by atoms with Gasteiger partial charge in [0.05, 0.1) is 6.61 Å². The minimum Gasteiger partial charge on any atom is -0.461 e. The molecule has 1 fully saturated rings. The molecule has 4 heteroatoms. The number of Topliss-reactive ketones (excluding diaryl/α,β-unsaturated/α-hetero) is 1. The molecule has 66 valence electrons. The van der Waals surface area contributed by atoms with E-state index in [0.717, 1.165) is 12.8 Å². The van der Waals surface area contributed by atoms with Crippen LogP contribution < -0.4 is 0 Å². The summed E-state index contributed by atoms with van der Waals surface area (Å²) < 4.78 is 4.52. The molecule has 0 aromatic rings. The quantitative estimate of drug-likeness (QED) is 0.379. The van der Waals surface area contributed by atoms with Crippen molar-refractivity contribution < 1.29 is 14.3 Å². The molecule has 0 radical (unpaired) electrons. The first-order chi connectivity index (χ1) is 5.66. The fraction of sp³-hybridized carbons (Fsp3) is 0.625. The van der Waals surface area contributed by atoms with Crippen LogP contribution in [-0.2, 0) is 14.3 Å². The molecule has 4 nitrogen and oxygen atoms in total. The Labute approximate surface area is 70.4 Å². The molecule has 0 bridgehead atoms. The Morgan fingerprint density at radius 1 is 1.50 bits per heavy atom. The highest BCUT2D eigenvalue weighted by Crippen LogP contribution is 2.30. The molecular formula is C8H11NO3. The minimum atomic E-state index is -0.797. The fourth-order valence-corrected chi connectivity index (χ4v) is 0.854. The van der Waals surface area contributed by atoms with Crippen molar-refractivity contribution in [1.82, 2.24) is 0 Å². The first-order valence-corrected chi connectivity index (χ1v) is 3.96. The Bertz CT molecular complexity index is 230. The highest BCUT2D eigenvalue weighted by atomic mass is 16.5. The molecule has 0 amide bonds. The Hall–Kier alpha value is -1.19. The first kappa shape index (κ1) is 8.90. The van der Waals surface area contributed by atoms with Crippen LogP contribution in [0.4, 0.5) is 0 Å². The zero-order valence-corrected chi connectivity index (χ0v) is 6.92. The summed E-state index contributed by atoms with van der Waals surface area (Å²) >= 11 is 0. The van der Waals surface area contributed by atoms with Gasteiger partial charge in [-0.05, 0) is 19.8 Å². The average molecular weight is 169 g/mol. The molecule has 0 spiro atoms. The maximum Gasteiger partial charge on any atom is 0.359 e. The molecule has 0 aliphatic heterocycles. The summed E-state index contributed by atoms with van der Waals surface area (Å²) in [6.45, 7) is 1.85. The number of hydrogen-bond acceptors (Lipinski definition) is 4. The summed E-state index contributed by atoms with van der Waals surface area (Å²) in [7, 11) is 0. The van der Waals surface area contributed by atoms with Gasteiger partial charge in [-0.15, -0.1) is 0 Å². The van der Waals surface area contributed by atoms with Gasteiger partial charge < -0.3 is 4.74 Å². The third-order valence-corrected chi connectivity index (χ3v) is 1.67. The number of carbonyl (C=O) groups excluding carboxylic acids is 2. The number of nitrogens with one attached hydrogen (secondary N) is 1. The van der Waals surface area contributed by atoms with Crippen molar-refractivity contribution >= 4 is 17.5 Å². The minimum absolute atomic E-state index is 0.0816. The fourth-order valence-electron chi connectivity index (χ4n) is 0.854. The lowest BCUT2D eigenvalue weighted by Gasteiger charge is -2.00. The largest absolute Gasteiger partial charge is 0.461 e. The van der Waals surface area contributed by atoms with E-state index in [9.17, 15) is 9.59 Å². The second kappa shape index (κ2) is 3.47. The normalized spacial score (nSPS) is 15.4. The van der Waals surface area contributed by atoms with E-state index in [0.29, 0.717) is 0 Å². The van der Waals surface area contributed by atoms with Crippen molar-refractivity contribution in [2.45, 2.75) is 19.8 Å². The standard InChI is InChI=1S/C8H11NO3/c1-2-12-8(11)6(9)7(10)5-3-4-5/h5,9H,2-4H2,1H3. The molecule has 1 rings (SSSR count). The van der Waals surface area contributed by atoms with Gasteiger partial charge in [-0.1, -0.05) is 0 Å². The summed E-state index contributed by atoms with van der Waals surface area (Å²) in [4.78, 5) is 21.9. The molecule has 1 aliphatic rings.